The molecule has 0 unspecified atom stereocenters. The van der Waals surface area contributed by atoms with Gasteiger partial charge in [-0.1, -0.05) is 0 Å². The fourth-order valence-electron chi connectivity index (χ4n) is 2.12. The average molecular weight is 187 g/mol. The summed E-state index contributed by atoms with van der Waals surface area (Å²) in [5.41, 5.74) is -0.171. The number of aliphatic hydroxyl groups excluding tert-OH is 1. The van der Waals surface area contributed by atoms with E-state index < -0.39 is 0 Å². The van der Waals surface area contributed by atoms with Crippen LogP contribution in [0.1, 0.15) is 34.1 Å². The molecule has 2 N–H and O–H groups in total. The molecule has 0 saturated carbocycles. The van der Waals surface area contributed by atoms with Crippen molar-refractivity contribution in [2.45, 2.75) is 51.4 Å². The predicted molar refractivity (Wildman–Crippen MR) is 52.7 cm³/mol. The van der Waals surface area contributed by atoms with E-state index in [1.807, 2.05) is 0 Å². The second kappa shape index (κ2) is 3.56. The summed E-state index contributed by atoms with van der Waals surface area (Å²) in [5, 5.41) is 12.0. The Hall–Kier alpha value is -0.120. The average Bonchev–Trinajstić information content (AvgIpc) is 2.14. The first-order valence-electron chi connectivity index (χ1n) is 4.92. The molecule has 0 spiro atoms. The number of aliphatic hydroxyl groups is 1. The molecule has 1 fully saturated rings. The van der Waals surface area contributed by atoms with Crippen molar-refractivity contribution in [3.8, 4) is 0 Å². The molecule has 0 aromatic carbocycles. The summed E-state index contributed by atoms with van der Waals surface area (Å²) >= 11 is 0. The highest BCUT2D eigenvalue weighted by Crippen LogP contribution is 2.36. The van der Waals surface area contributed by atoms with Crippen LogP contribution in [0.5, 0.6) is 0 Å². The fourth-order valence-corrected chi connectivity index (χ4v) is 2.12. The zero-order chi connectivity index (χ0) is 10.1. The first kappa shape index (κ1) is 11.0. The van der Waals surface area contributed by atoms with Crippen LogP contribution < -0.4 is 5.32 Å². The van der Waals surface area contributed by atoms with Gasteiger partial charge in [0.15, 0.2) is 0 Å². The number of ether oxygens (including phenoxy) is 1. The van der Waals surface area contributed by atoms with E-state index >= 15 is 0 Å². The molecule has 0 aromatic rings. The molecule has 1 atom stereocenters. The van der Waals surface area contributed by atoms with Gasteiger partial charge in [-0.15, -0.1) is 0 Å². The van der Waals surface area contributed by atoms with Crippen molar-refractivity contribution < 1.29 is 9.84 Å². The van der Waals surface area contributed by atoms with Crippen LogP contribution in [-0.2, 0) is 4.74 Å². The maximum atomic E-state index is 8.72. The van der Waals surface area contributed by atoms with Crippen LogP contribution in [0.15, 0.2) is 0 Å². The van der Waals surface area contributed by atoms with Crippen LogP contribution in [0.2, 0.25) is 0 Å². The lowest BCUT2D eigenvalue weighted by molar-refractivity contribution is -0.0699. The summed E-state index contributed by atoms with van der Waals surface area (Å²) in [4.78, 5) is 0. The molecule has 0 amide bonds. The molecular formula is C10H21NO2. The van der Waals surface area contributed by atoms with Gasteiger partial charge in [0, 0.05) is 12.6 Å². The Morgan fingerprint density at radius 3 is 2.38 bits per heavy atom. The number of hydrogen-bond acceptors (Lipinski definition) is 3. The van der Waals surface area contributed by atoms with Gasteiger partial charge >= 0.3 is 0 Å². The van der Waals surface area contributed by atoms with Crippen molar-refractivity contribution in [2.75, 3.05) is 13.2 Å². The Labute approximate surface area is 80.5 Å². The van der Waals surface area contributed by atoms with E-state index in [2.05, 4.69) is 33.0 Å². The lowest BCUT2D eigenvalue weighted by atomic mass is 9.94. The lowest BCUT2D eigenvalue weighted by Crippen LogP contribution is -2.44. The summed E-state index contributed by atoms with van der Waals surface area (Å²) in [6, 6.07) is 0.342. The van der Waals surface area contributed by atoms with Gasteiger partial charge in [0.2, 0.25) is 0 Å². The van der Waals surface area contributed by atoms with Gasteiger partial charge in [-0.3, -0.25) is 0 Å². The van der Waals surface area contributed by atoms with Crippen molar-refractivity contribution in [3.05, 3.63) is 0 Å². The molecule has 0 bridgehead atoms. The second-order valence-electron chi connectivity index (χ2n) is 4.90. The van der Waals surface area contributed by atoms with Crippen LogP contribution in [0.25, 0.3) is 0 Å². The molecule has 1 heterocycles. The van der Waals surface area contributed by atoms with Crippen LogP contribution >= 0.6 is 0 Å². The van der Waals surface area contributed by atoms with Crippen molar-refractivity contribution in [1.82, 2.24) is 5.32 Å². The zero-order valence-electron chi connectivity index (χ0n) is 9.05. The van der Waals surface area contributed by atoms with Gasteiger partial charge in [0.05, 0.1) is 17.8 Å². The SMILES string of the molecule is CC1(C)C[C@@H](NCCO)C(C)(C)O1. The molecule has 3 heteroatoms. The van der Waals surface area contributed by atoms with Gasteiger partial charge in [-0.05, 0) is 34.1 Å². The molecule has 1 saturated heterocycles. The molecule has 1 aliphatic rings. The first-order chi connectivity index (χ1) is 5.87. The lowest BCUT2D eigenvalue weighted by Gasteiger charge is -2.27. The number of hydrogen-bond donors (Lipinski definition) is 2. The van der Waals surface area contributed by atoms with E-state index in [1.165, 1.54) is 0 Å². The maximum Gasteiger partial charge on any atom is 0.0787 e. The van der Waals surface area contributed by atoms with Crippen LogP contribution in [0, 0.1) is 0 Å². The molecule has 1 rings (SSSR count). The van der Waals surface area contributed by atoms with E-state index in [1.54, 1.807) is 0 Å². The standard InChI is InChI=1S/C10H21NO2/c1-9(2)7-8(11-5-6-12)10(3,4)13-9/h8,11-12H,5-7H2,1-4H3/t8-/m1/s1. The summed E-state index contributed by atoms with van der Waals surface area (Å²) in [6.07, 6.45) is 1.00. The van der Waals surface area contributed by atoms with Crippen LogP contribution in [0.3, 0.4) is 0 Å². The maximum absolute atomic E-state index is 8.72. The molecule has 13 heavy (non-hydrogen) atoms. The van der Waals surface area contributed by atoms with Gasteiger partial charge in [0.1, 0.15) is 0 Å². The quantitative estimate of drug-likeness (QED) is 0.690. The topological polar surface area (TPSA) is 41.5 Å². The van der Waals surface area contributed by atoms with E-state index in [0.717, 1.165) is 6.42 Å². The Morgan fingerprint density at radius 2 is 2.00 bits per heavy atom. The van der Waals surface area contributed by atoms with Gasteiger partial charge < -0.3 is 15.2 Å². The fraction of sp³-hybridized carbons (Fsp3) is 1.00. The van der Waals surface area contributed by atoms with Crippen molar-refractivity contribution in [2.24, 2.45) is 0 Å². The molecule has 78 valence electrons. The van der Waals surface area contributed by atoms with Gasteiger partial charge in [-0.25, -0.2) is 0 Å². The van der Waals surface area contributed by atoms with Crippen molar-refractivity contribution in [1.29, 1.82) is 0 Å². The monoisotopic (exact) mass is 187 g/mol. The Bertz CT molecular complexity index is 178. The molecule has 3 nitrogen and oxygen atoms in total. The zero-order valence-corrected chi connectivity index (χ0v) is 9.05. The molecule has 0 radical (unpaired) electrons. The third-order valence-corrected chi connectivity index (χ3v) is 2.58. The van der Waals surface area contributed by atoms with Crippen LogP contribution in [-0.4, -0.2) is 35.5 Å². The van der Waals surface area contributed by atoms with E-state index in [0.29, 0.717) is 12.6 Å². The highest BCUT2D eigenvalue weighted by atomic mass is 16.5. The van der Waals surface area contributed by atoms with Crippen molar-refractivity contribution in [3.63, 3.8) is 0 Å². The minimum absolute atomic E-state index is 0.0450. The van der Waals surface area contributed by atoms with E-state index in [4.69, 9.17) is 9.84 Å². The minimum Gasteiger partial charge on any atom is -0.395 e. The van der Waals surface area contributed by atoms with E-state index in [-0.39, 0.29) is 17.8 Å². The third-order valence-electron chi connectivity index (χ3n) is 2.58. The number of nitrogens with one attached hydrogen (secondary N) is 1. The van der Waals surface area contributed by atoms with Crippen LogP contribution in [0.4, 0.5) is 0 Å². The van der Waals surface area contributed by atoms with Crippen molar-refractivity contribution >= 4 is 0 Å². The Balaban J connectivity index is 2.54. The highest BCUT2D eigenvalue weighted by molar-refractivity contribution is 4.98. The summed E-state index contributed by atoms with van der Waals surface area (Å²) in [7, 11) is 0. The second-order valence-corrected chi connectivity index (χ2v) is 4.90. The molecular weight excluding hydrogens is 166 g/mol. The molecule has 0 aromatic heterocycles. The third kappa shape index (κ3) is 2.66. The van der Waals surface area contributed by atoms with Gasteiger partial charge in [-0.2, -0.15) is 0 Å². The summed E-state index contributed by atoms with van der Waals surface area (Å²) in [6.45, 7) is 9.23. The largest absolute Gasteiger partial charge is 0.395 e. The Morgan fingerprint density at radius 1 is 1.38 bits per heavy atom. The number of rotatable bonds is 3. The molecule has 0 aliphatic carbocycles. The first-order valence-corrected chi connectivity index (χ1v) is 4.92. The predicted octanol–water partition coefficient (Wildman–Crippen LogP) is 0.914. The minimum atomic E-state index is -0.126. The Kier molecular flexibility index (Phi) is 3.00. The normalized spacial score (nSPS) is 30.7. The highest BCUT2D eigenvalue weighted by Gasteiger charge is 2.45. The smallest absolute Gasteiger partial charge is 0.0787 e. The summed E-state index contributed by atoms with van der Waals surface area (Å²) < 4.78 is 5.90. The van der Waals surface area contributed by atoms with E-state index in [9.17, 15) is 0 Å². The molecule has 1 aliphatic heterocycles. The van der Waals surface area contributed by atoms with Gasteiger partial charge in [0.25, 0.3) is 0 Å². The summed E-state index contributed by atoms with van der Waals surface area (Å²) in [5.74, 6) is 0.